The van der Waals surface area contributed by atoms with Gasteiger partial charge in [0, 0.05) is 25.7 Å². The van der Waals surface area contributed by atoms with Crippen LogP contribution in [0.1, 0.15) is 18.4 Å². The van der Waals surface area contributed by atoms with E-state index in [0.29, 0.717) is 6.04 Å². The lowest BCUT2D eigenvalue weighted by Crippen LogP contribution is -2.30. The average Bonchev–Trinajstić information content (AvgIpc) is 3.15. The van der Waals surface area contributed by atoms with Gasteiger partial charge in [0.15, 0.2) is 0 Å². The predicted octanol–water partition coefficient (Wildman–Crippen LogP) is 1.86. The summed E-state index contributed by atoms with van der Waals surface area (Å²) in [5.74, 6) is 2.58. The van der Waals surface area contributed by atoms with Gasteiger partial charge in [0.1, 0.15) is 5.75 Å². The van der Waals surface area contributed by atoms with Crippen LogP contribution >= 0.6 is 0 Å². The smallest absolute Gasteiger partial charge is 0.119 e. The van der Waals surface area contributed by atoms with Gasteiger partial charge in [0.25, 0.3) is 0 Å². The maximum atomic E-state index is 6.25. The second kappa shape index (κ2) is 4.90. The van der Waals surface area contributed by atoms with Gasteiger partial charge in [0.2, 0.25) is 0 Å². The number of nitrogens with two attached hydrogens (primary N) is 1. The number of likely N-dealkylation sites (tertiary alicyclic amines) is 1. The minimum atomic E-state index is 0.378. The maximum absolute atomic E-state index is 6.25. The minimum Gasteiger partial charge on any atom is -0.497 e. The third-order valence-electron chi connectivity index (χ3n) is 4.26. The summed E-state index contributed by atoms with van der Waals surface area (Å²) in [4.78, 5) is 2.49. The Morgan fingerprint density at radius 2 is 2.17 bits per heavy atom. The summed E-state index contributed by atoms with van der Waals surface area (Å²) in [6.45, 7) is 3.20. The quantitative estimate of drug-likeness (QED) is 0.881. The third kappa shape index (κ3) is 2.52. The van der Waals surface area contributed by atoms with E-state index in [1.807, 2.05) is 6.07 Å². The third-order valence-corrected chi connectivity index (χ3v) is 4.26. The van der Waals surface area contributed by atoms with Crippen LogP contribution in [0.15, 0.2) is 24.3 Å². The molecular formula is C15H22N2O. The van der Waals surface area contributed by atoms with E-state index in [1.165, 1.54) is 24.9 Å². The zero-order chi connectivity index (χ0) is 12.5. The first-order valence-corrected chi connectivity index (χ1v) is 6.87. The van der Waals surface area contributed by atoms with E-state index in [1.54, 1.807) is 7.11 Å². The van der Waals surface area contributed by atoms with E-state index >= 15 is 0 Å². The largest absolute Gasteiger partial charge is 0.497 e. The lowest BCUT2D eigenvalue weighted by atomic mass is 9.99. The van der Waals surface area contributed by atoms with Crippen LogP contribution in [0.2, 0.25) is 0 Å². The standard InChI is InChI=1S/C15H22N2O/c1-18-13-4-2-3-11(7-13)8-17-9-14(12-5-6-12)15(16)10-17/h2-4,7,12,14-15H,5-6,8-10,16H2,1H3/t14-,15+/m1/s1. The molecule has 3 nitrogen and oxygen atoms in total. The number of benzene rings is 1. The topological polar surface area (TPSA) is 38.5 Å². The molecule has 0 amide bonds. The number of methoxy groups -OCH3 is 1. The molecule has 1 saturated carbocycles. The Kier molecular flexibility index (Phi) is 3.27. The van der Waals surface area contributed by atoms with Crippen LogP contribution in [0.4, 0.5) is 0 Å². The zero-order valence-electron chi connectivity index (χ0n) is 11.0. The van der Waals surface area contributed by atoms with Crippen molar-refractivity contribution in [3.8, 4) is 5.75 Å². The van der Waals surface area contributed by atoms with Crippen molar-refractivity contribution in [3.63, 3.8) is 0 Å². The Labute approximate surface area is 109 Å². The van der Waals surface area contributed by atoms with Crippen LogP contribution in [0.3, 0.4) is 0 Å². The summed E-state index contributed by atoms with van der Waals surface area (Å²) in [7, 11) is 1.72. The highest BCUT2D eigenvalue weighted by molar-refractivity contribution is 5.28. The van der Waals surface area contributed by atoms with Gasteiger partial charge in [0.05, 0.1) is 7.11 Å². The lowest BCUT2D eigenvalue weighted by molar-refractivity contribution is 0.309. The molecule has 1 aliphatic carbocycles. The van der Waals surface area contributed by atoms with Crippen molar-refractivity contribution < 1.29 is 4.74 Å². The predicted molar refractivity (Wildman–Crippen MR) is 72.5 cm³/mol. The highest BCUT2D eigenvalue weighted by Gasteiger charge is 2.40. The molecule has 1 aliphatic heterocycles. The maximum Gasteiger partial charge on any atom is 0.119 e. The van der Waals surface area contributed by atoms with Gasteiger partial charge in [-0.15, -0.1) is 0 Å². The Bertz CT molecular complexity index is 417. The molecule has 3 heteroatoms. The summed E-state index contributed by atoms with van der Waals surface area (Å²) >= 11 is 0. The summed E-state index contributed by atoms with van der Waals surface area (Å²) in [6.07, 6.45) is 2.79. The monoisotopic (exact) mass is 246 g/mol. The van der Waals surface area contributed by atoms with E-state index in [9.17, 15) is 0 Å². The Balaban J connectivity index is 1.62. The van der Waals surface area contributed by atoms with Crippen molar-refractivity contribution in [1.82, 2.24) is 4.90 Å². The molecule has 0 bridgehead atoms. The van der Waals surface area contributed by atoms with Crippen molar-refractivity contribution >= 4 is 0 Å². The average molecular weight is 246 g/mol. The van der Waals surface area contributed by atoms with Crippen molar-refractivity contribution in [3.05, 3.63) is 29.8 Å². The first-order valence-electron chi connectivity index (χ1n) is 6.87. The van der Waals surface area contributed by atoms with Gasteiger partial charge in [-0.1, -0.05) is 12.1 Å². The van der Waals surface area contributed by atoms with Crippen LogP contribution in [-0.2, 0) is 6.54 Å². The summed E-state index contributed by atoms with van der Waals surface area (Å²) in [6, 6.07) is 8.71. The minimum absolute atomic E-state index is 0.378. The fraction of sp³-hybridized carbons (Fsp3) is 0.600. The van der Waals surface area contributed by atoms with E-state index in [2.05, 4.69) is 23.1 Å². The summed E-state index contributed by atoms with van der Waals surface area (Å²) in [5, 5.41) is 0. The number of nitrogens with zero attached hydrogens (tertiary/aromatic N) is 1. The molecule has 98 valence electrons. The first-order chi connectivity index (χ1) is 8.76. The summed E-state index contributed by atoms with van der Waals surface area (Å²) in [5.41, 5.74) is 7.57. The molecule has 0 aromatic heterocycles. The van der Waals surface area contributed by atoms with E-state index in [4.69, 9.17) is 10.5 Å². The lowest BCUT2D eigenvalue weighted by Gasteiger charge is -2.16. The SMILES string of the molecule is COc1cccc(CN2C[C@H](C3CC3)[C@@H](N)C2)c1. The summed E-state index contributed by atoms with van der Waals surface area (Å²) < 4.78 is 5.27. The van der Waals surface area contributed by atoms with Crippen LogP contribution in [-0.4, -0.2) is 31.1 Å². The second-order valence-corrected chi connectivity index (χ2v) is 5.71. The van der Waals surface area contributed by atoms with Crippen LogP contribution < -0.4 is 10.5 Å². The van der Waals surface area contributed by atoms with Gasteiger partial charge >= 0.3 is 0 Å². The molecule has 0 unspecified atom stereocenters. The molecule has 2 aliphatic rings. The molecule has 1 aromatic carbocycles. The molecule has 18 heavy (non-hydrogen) atoms. The number of ether oxygens (including phenoxy) is 1. The molecular weight excluding hydrogens is 224 g/mol. The molecule has 1 aromatic rings. The molecule has 0 spiro atoms. The van der Waals surface area contributed by atoms with Gasteiger partial charge in [-0.05, 0) is 42.4 Å². The molecule has 2 N–H and O–H groups in total. The molecule has 1 saturated heterocycles. The van der Waals surface area contributed by atoms with Gasteiger partial charge < -0.3 is 10.5 Å². The van der Waals surface area contributed by atoms with E-state index in [-0.39, 0.29) is 0 Å². The Morgan fingerprint density at radius 1 is 1.33 bits per heavy atom. The number of hydrogen-bond acceptors (Lipinski definition) is 3. The van der Waals surface area contributed by atoms with E-state index < -0.39 is 0 Å². The van der Waals surface area contributed by atoms with Gasteiger partial charge in [-0.25, -0.2) is 0 Å². The first kappa shape index (κ1) is 12.0. The fourth-order valence-corrected chi connectivity index (χ4v) is 3.12. The van der Waals surface area contributed by atoms with E-state index in [0.717, 1.165) is 30.7 Å². The molecule has 1 heterocycles. The normalized spacial score (nSPS) is 28.6. The Hall–Kier alpha value is -1.06. The highest BCUT2D eigenvalue weighted by atomic mass is 16.5. The second-order valence-electron chi connectivity index (χ2n) is 5.71. The molecule has 0 radical (unpaired) electrons. The van der Waals surface area contributed by atoms with Crippen molar-refractivity contribution in [1.29, 1.82) is 0 Å². The van der Waals surface area contributed by atoms with Crippen molar-refractivity contribution in [2.75, 3.05) is 20.2 Å². The number of rotatable bonds is 4. The van der Waals surface area contributed by atoms with Crippen molar-refractivity contribution in [2.24, 2.45) is 17.6 Å². The van der Waals surface area contributed by atoms with Crippen molar-refractivity contribution in [2.45, 2.75) is 25.4 Å². The molecule has 3 rings (SSSR count). The van der Waals surface area contributed by atoms with Crippen LogP contribution in [0.5, 0.6) is 5.75 Å². The van der Waals surface area contributed by atoms with Gasteiger partial charge in [-0.2, -0.15) is 0 Å². The Morgan fingerprint density at radius 3 is 2.89 bits per heavy atom. The zero-order valence-corrected chi connectivity index (χ0v) is 11.0. The fourth-order valence-electron chi connectivity index (χ4n) is 3.12. The molecule has 2 atom stereocenters. The highest BCUT2D eigenvalue weighted by Crippen LogP contribution is 2.41. The van der Waals surface area contributed by atoms with Crippen LogP contribution in [0, 0.1) is 11.8 Å². The number of hydrogen-bond donors (Lipinski definition) is 1. The molecule has 2 fully saturated rings. The van der Waals surface area contributed by atoms with Crippen LogP contribution in [0.25, 0.3) is 0 Å². The van der Waals surface area contributed by atoms with Gasteiger partial charge in [-0.3, -0.25) is 4.90 Å².